The van der Waals surface area contributed by atoms with Gasteiger partial charge in [0.15, 0.2) is 69.1 Å². The van der Waals surface area contributed by atoms with E-state index in [1.54, 1.807) is 43.3 Å². The van der Waals surface area contributed by atoms with Crippen molar-refractivity contribution in [1.82, 2.24) is 34.9 Å². The first-order valence-corrected chi connectivity index (χ1v) is 40.6. The Balaban J connectivity index is 0.000000127. The average Bonchev–Trinajstić information content (AvgIpc) is 1.66. The number of halogens is 20. The van der Waals surface area contributed by atoms with Gasteiger partial charge < -0.3 is 74.0 Å². The Morgan fingerprint density at radius 2 is 0.553 bits per heavy atom. The SMILES string of the molecule is Cc1cc(-c2ccc(NC(=O)c3c(F)cccc3F)nc2)cc2c1OC(F)(F)O2.O=C(Nc1ccc(-c2cccc3c2OC(F)(F)O3)cn1)c1c(F)cccc1F.O=C(Nc1ccc(-c2cccc3c2OC(F)(F)O3)cn1)c1ccccc1F.O=C(Nc1cnc(-c2cc3c(cc2Cl)OC(F)(F)O3)cn1)c1c(F)cccc1F.O=C(Nc1cnc(-c2cc3c(cc2Cl)OC(F)(F)O3)cn1)c1ccccc1F. The average molecular weight is 2000 g/mol. The number of benzene rings is 10. The molecule has 0 spiro atoms. The van der Waals surface area contributed by atoms with Gasteiger partial charge in [-0.15, -0.1) is 43.9 Å². The van der Waals surface area contributed by atoms with E-state index in [1.807, 2.05) is 0 Å². The Morgan fingerprint density at radius 1 is 0.255 bits per heavy atom. The van der Waals surface area contributed by atoms with E-state index in [1.165, 1.54) is 146 Å². The molecule has 0 radical (unpaired) electrons. The minimum atomic E-state index is -3.80. The van der Waals surface area contributed by atoms with E-state index in [2.05, 4.69) is 109 Å². The van der Waals surface area contributed by atoms with Crippen molar-refractivity contribution in [3.8, 4) is 113 Å². The Hall–Kier alpha value is -17.5. The monoisotopic (exact) mass is 2000 g/mol. The van der Waals surface area contributed by atoms with Crippen molar-refractivity contribution in [2.75, 3.05) is 26.6 Å². The van der Waals surface area contributed by atoms with Crippen molar-refractivity contribution in [3.63, 3.8) is 0 Å². The van der Waals surface area contributed by atoms with Gasteiger partial charge in [0.2, 0.25) is 0 Å². The number of carbonyl (C=O) groups excluding carboxylic acids is 5. The van der Waals surface area contributed by atoms with Gasteiger partial charge in [-0.25, -0.2) is 60.0 Å². The fraction of sp³-hybridized carbons (Fsp3) is 0.0638. The highest BCUT2D eigenvalue weighted by atomic mass is 35.5. The number of pyridine rings is 3. The lowest BCUT2D eigenvalue weighted by molar-refractivity contribution is -0.287. The fourth-order valence-electron chi connectivity index (χ4n) is 13.4. The van der Waals surface area contributed by atoms with Crippen LogP contribution < -0.4 is 74.0 Å². The Kier molecular flexibility index (Phi) is 26.9. The molecule has 716 valence electrons. The molecule has 0 saturated heterocycles. The highest BCUT2D eigenvalue weighted by Gasteiger charge is 2.49. The number of fused-ring (bicyclic) bond motifs is 5. The number of amides is 5. The molecule has 15 aromatic rings. The van der Waals surface area contributed by atoms with Crippen LogP contribution in [0.25, 0.3) is 55.9 Å². The van der Waals surface area contributed by atoms with Gasteiger partial charge in [-0.2, -0.15) is 0 Å². The third kappa shape index (κ3) is 22.3. The second-order valence-corrected chi connectivity index (χ2v) is 30.0. The normalized spacial score (nSPS) is 14.0. The summed E-state index contributed by atoms with van der Waals surface area (Å²) in [6.45, 7) is 1.60. The summed E-state index contributed by atoms with van der Waals surface area (Å²) in [5.41, 5.74) is 1.53. The molecule has 0 aliphatic carbocycles. The molecular formula is C94H50Cl2F18N12O15. The van der Waals surface area contributed by atoms with Crippen LogP contribution in [0.5, 0.6) is 57.5 Å². The maximum Gasteiger partial charge on any atom is 0.586 e. The van der Waals surface area contributed by atoms with Crippen molar-refractivity contribution in [2.45, 2.75) is 38.4 Å². The van der Waals surface area contributed by atoms with E-state index in [-0.39, 0.29) is 130 Å². The van der Waals surface area contributed by atoms with Crippen LogP contribution in [0.3, 0.4) is 0 Å². The van der Waals surface area contributed by atoms with E-state index in [0.717, 1.165) is 72.9 Å². The summed E-state index contributed by atoms with van der Waals surface area (Å²) >= 11 is 12.2. The van der Waals surface area contributed by atoms with Gasteiger partial charge in [-0.1, -0.05) is 89.9 Å². The van der Waals surface area contributed by atoms with Crippen molar-refractivity contribution in [3.05, 3.63) is 346 Å². The number of aryl methyl sites for hydroxylation is 1. The second kappa shape index (κ2) is 39.3. The minimum absolute atomic E-state index is 0.0199. The zero-order valence-corrected chi connectivity index (χ0v) is 71.6. The van der Waals surface area contributed by atoms with Crippen LogP contribution in [0.4, 0.5) is 108 Å². The highest BCUT2D eigenvalue weighted by molar-refractivity contribution is 6.34. The number of para-hydroxylation sites is 2. The van der Waals surface area contributed by atoms with Crippen LogP contribution in [-0.2, 0) is 0 Å². The third-order valence-electron chi connectivity index (χ3n) is 19.6. The molecule has 0 atom stereocenters. The number of aromatic nitrogens is 7. The fourth-order valence-corrected chi connectivity index (χ4v) is 13.9. The molecule has 10 aromatic carbocycles. The van der Waals surface area contributed by atoms with E-state index in [9.17, 15) is 103 Å². The zero-order valence-electron chi connectivity index (χ0n) is 70.1. The van der Waals surface area contributed by atoms with Gasteiger partial charge in [0.25, 0.3) is 29.5 Å². The number of nitrogens with zero attached hydrogens (tertiary/aromatic N) is 7. The van der Waals surface area contributed by atoms with Crippen LogP contribution >= 0.6 is 23.2 Å². The second-order valence-electron chi connectivity index (χ2n) is 29.2. The van der Waals surface area contributed by atoms with Crippen molar-refractivity contribution in [1.29, 1.82) is 0 Å². The summed E-state index contributed by atoms with van der Waals surface area (Å²) in [6.07, 6.45) is -9.91. The van der Waals surface area contributed by atoms with E-state index >= 15 is 0 Å². The van der Waals surface area contributed by atoms with Gasteiger partial charge in [0.05, 0.1) is 57.3 Å². The summed E-state index contributed by atoms with van der Waals surface area (Å²) in [5, 5.41) is 11.8. The molecule has 5 aromatic heterocycles. The van der Waals surface area contributed by atoms with Gasteiger partial charge in [-0.05, 0) is 152 Å². The van der Waals surface area contributed by atoms with Gasteiger partial charge >= 0.3 is 31.5 Å². The molecular weight excluding hydrogens is 1950 g/mol. The van der Waals surface area contributed by atoms with Crippen molar-refractivity contribution >= 4 is 81.8 Å². The van der Waals surface area contributed by atoms with E-state index < -0.39 is 124 Å². The Bertz CT molecular complexity index is 7370. The van der Waals surface area contributed by atoms with Crippen LogP contribution in [0.15, 0.2) is 256 Å². The van der Waals surface area contributed by atoms with Crippen LogP contribution in [0, 0.1) is 53.5 Å². The van der Waals surface area contributed by atoms with E-state index in [4.69, 9.17) is 23.2 Å². The maximum absolute atomic E-state index is 13.7. The molecule has 0 bridgehead atoms. The lowest BCUT2D eigenvalue weighted by Gasteiger charge is -2.09. The highest BCUT2D eigenvalue weighted by Crippen LogP contribution is 2.52. The Labute approximate surface area is 787 Å². The molecule has 5 aliphatic rings. The molecule has 0 fully saturated rings. The first kappa shape index (κ1) is 96.6. The first-order valence-electron chi connectivity index (χ1n) is 39.8. The largest absolute Gasteiger partial charge is 0.586 e. The smallest absolute Gasteiger partial charge is 0.395 e. The molecule has 141 heavy (non-hydrogen) atoms. The van der Waals surface area contributed by atoms with Crippen LogP contribution in [0.1, 0.15) is 57.4 Å². The summed E-state index contributed by atoms with van der Waals surface area (Å²) in [5.74, 6) is -12.9. The molecule has 0 unspecified atom stereocenters. The quantitative estimate of drug-likeness (QED) is 0.0595. The first-order chi connectivity index (χ1) is 67.1. The summed E-state index contributed by atoms with van der Waals surface area (Å²) in [4.78, 5) is 88.6. The topological polar surface area (TPSA) is 328 Å². The summed E-state index contributed by atoms with van der Waals surface area (Å²) < 4.78 is 286. The van der Waals surface area contributed by atoms with Gasteiger partial charge in [-0.3, -0.25) is 33.9 Å². The number of carbonyl (C=O) groups is 5. The number of rotatable bonds is 15. The van der Waals surface area contributed by atoms with Crippen LogP contribution in [-0.4, -0.2) is 95.9 Å². The van der Waals surface area contributed by atoms with Crippen LogP contribution in [0.2, 0.25) is 10.0 Å². The maximum atomic E-state index is 13.7. The molecule has 20 rings (SSSR count). The predicted molar refractivity (Wildman–Crippen MR) is 461 cm³/mol. The predicted octanol–water partition coefficient (Wildman–Crippen LogP) is 23.1. The number of alkyl halides is 10. The van der Waals surface area contributed by atoms with Crippen molar-refractivity contribution < 1.29 is 150 Å². The third-order valence-corrected chi connectivity index (χ3v) is 20.3. The number of hydrogen-bond acceptors (Lipinski definition) is 22. The van der Waals surface area contributed by atoms with Gasteiger partial charge in [0, 0.05) is 69.7 Å². The minimum Gasteiger partial charge on any atom is -0.395 e. The Morgan fingerprint density at radius 3 is 0.908 bits per heavy atom. The molecule has 5 aliphatic heterocycles. The summed E-state index contributed by atoms with van der Waals surface area (Å²) in [6, 6.07) is 45.7. The molecule has 5 N–H and O–H groups in total. The standard InChI is InChI=1S/C20H12F4N2O3.C19H10F4N2O3.C19H11F3N2O3.C18H8ClF4N3O3.C18H9ClF3N3O3/c1-10-7-12(8-15-18(10)29-20(23,24)28-15)11-5-6-16(25-9-11)26-19(27)17-13(21)3-2-4-14(17)22;20-12-4-2-5-13(21)16(12)18(26)25-15-8-7-10(9-24-15)11-3-1-6-14-17(11)28-19(22,23)27-14;20-14-6-2-1-4-13(14)18(25)24-16-9-8-11(10-23-16)12-5-3-7-15-17(12)27-19(21,22)26-15;19-9-5-14-13(28-18(22,23)29-14)4-8(9)12-6-25-15(7-24-12)26-17(27)16-10(20)2-1-3-11(16)21;19-11-6-15-14(27-18(21,22)28-15)5-10(11)13-7-24-16(8-23-13)25-17(26)9-3-1-2-4-12(9)20/h2-9H,1H3,(H,25,26,27);1-9H,(H,24,25,26);1-10H,(H,23,24,25);1-7H,(H,25,26,27);1-8H,(H,24,25,26). The number of anilines is 5. The number of hydrogen-bond donors (Lipinski definition) is 5. The number of nitrogens with one attached hydrogen (secondary N) is 5. The molecule has 47 heteroatoms. The molecule has 0 saturated carbocycles. The lowest BCUT2D eigenvalue weighted by Crippen LogP contribution is -2.26. The van der Waals surface area contributed by atoms with Gasteiger partial charge in [0.1, 0.15) is 80.7 Å². The lowest BCUT2D eigenvalue weighted by atomic mass is 10.0. The molecule has 10 heterocycles. The molecule has 5 amide bonds. The molecule has 27 nitrogen and oxygen atoms in total. The zero-order chi connectivity index (χ0) is 100. The number of ether oxygens (including phenoxy) is 10. The van der Waals surface area contributed by atoms with Crippen molar-refractivity contribution in [2.24, 2.45) is 0 Å². The van der Waals surface area contributed by atoms with E-state index in [0.29, 0.717) is 38.9 Å². The summed E-state index contributed by atoms with van der Waals surface area (Å²) in [7, 11) is 0.